The van der Waals surface area contributed by atoms with E-state index in [-0.39, 0.29) is 0 Å². The van der Waals surface area contributed by atoms with E-state index >= 15 is 0 Å². The molecule has 0 saturated carbocycles. The van der Waals surface area contributed by atoms with Gasteiger partial charge in [0.2, 0.25) is 0 Å². The summed E-state index contributed by atoms with van der Waals surface area (Å²) in [5, 5.41) is 2.58. The van der Waals surface area contributed by atoms with Crippen LogP contribution in [0.15, 0.2) is 72.8 Å². The zero-order valence-electron chi connectivity index (χ0n) is 11.6. The van der Waals surface area contributed by atoms with Crippen molar-refractivity contribution in [1.29, 1.82) is 0 Å². The van der Waals surface area contributed by atoms with Crippen molar-refractivity contribution in [2.24, 2.45) is 11.7 Å². The number of nitrogens with one attached hydrogen (secondary N) is 1. The van der Waals surface area contributed by atoms with Crippen molar-refractivity contribution in [2.45, 2.75) is 0 Å². The van der Waals surface area contributed by atoms with E-state index in [1.807, 2.05) is 0 Å². The van der Waals surface area contributed by atoms with E-state index in [2.05, 4.69) is 89.5 Å². The first-order chi connectivity index (χ1) is 10.4. The minimum Gasteiger partial charge on any atom is -0.354 e. The van der Waals surface area contributed by atoms with E-state index in [1.165, 1.54) is 32.9 Å². The lowest BCUT2D eigenvalue weighted by Crippen LogP contribution is -2.02. The van der Waals surface area contributed by atoms with Crippen LogP contribution in [0.2, 0.25) is 0 Å². The lowest BCUT2D eigenvalue weighted by molar-refractivity contribution is 1.26. The van der Waals surface area contributed by atoms with Gasteiger partial charge in [0, 0.05) is 21.9 Å². The summed E-state index contributed by atoms with van der Waals surface area (Å²) in [5.74, 6) is 8.00. The SMILES string of the molecule is NN.c1ccc(-c2cccc3c2[nH]c2ccccc23)cc1. The van der Waals surface area contributed by atoms with Crippen molar-refractivity contribution in [1.82, 2.24) is 4.98 Å². The van der Waals surface area contributed by atoms with E-state index in [9.17, 15) is 0 Å². The van der Waals surface area contributed by atoms with Crippen LogP contribution in [0.3, 0.4) is 0 Å². The Labute approximate surface area is 123 Å². The summed E-state index contributed by atoms with van der Waals surface area (Å²) < 4.78 is 0. The van der Waals surface area contributed by atoms with Crippen LogP contribution >= 0.6 is 0 Å². The van der Waals surface area contributed by atoms with Gasteiger partial charge in [0.25, 0.3) is 0 Å². The highest BCUT2D eigenvalue weighted by Gasteiger charge is 2.08. The molecule has 0 radical (unpaired) electrons. The second-order valence-corrected chi connectivity index (χ2v) is 4.76. The van der Waals surface area contributed by atoms with Crippen molar-refractivity contribution in [3.63, 3.8) is 0 Å². The Bertz CT molecular complexity index is 863. The van der Waals surface area contributed by atoms with E-state index in [4.69, 9.17) is 0 Å². The van der Waals surface area contributed by atoms with Crippen molar-refractivity contribution in [3.05, 3.63) is 72.8 Å². The quantitative estimate of drug-likeness (QED) is 0.365. The monoisotopic (exact) mass is 275 g/mol. The highest BCUT2D eigenvalue weighted by atomic mass is 15.0. The number of para-hydroxylation sites is 2. The van der Waals surface area contributed by atoms with Gasteiger partial charge in [-0.15, -0.1) is 0 Å². The predicted molar refractivity (Wildman–Crippen MR) is 89.6 cm³/mol. The molecule has 0 aliphatic carbocycles. The zero-order valence-corrected chi connectivity index (χ0v) is 11.6. The molecular formula is C18H17N3. The summed E-state index contributed by atoms with van der Waals surface area (Å²) in [7, 11) is 0. The molecule has 104 valence electrons. The molecule has 0 amide bonds. The number of fused-ring (bicyclic) bond motifs is 3. The molecule has 0 saturated heterocycles. The Morgan fingerprint density at radius 3 is 2.10 bits per heavy atom. The molecule has 4 rings (SSSR count). The van der Waals surface area contributed by atoms with Crippen molar-refractivity contribution < 1.29 is 0 Å². The number of aromatic amines is 1. The molecule has 1 heterocycles. The molecule has 1 aromatic heterocycles. The topological polar surface area (TPSA) is 67.8 Å². The maximum absolute atomic E-state index is 4.00. The number of hydrogen-bond acceptors (Lipinski definition) is 2. The van der Waals surface area contributed by atoms with Gasteiger partial charge >= 0.3 is 0 Å². The van der Waals surface area contributed by atoms with Crippen LogP contribution in [-0.2, 0) is 0 Å². The van der Waals surface area contributed by atoms with Gasteiger partial charge in [0.15, 0.2) is 0 Å². The summed E-state index contributed by atoms with van der Waals surface area (Å²) in [6.07, 6.45) is 0. The second kappa shape index (κ2) is 5.79. The summed E-state index contributed by atoms with van der Waals surface area (Å²) in [5.41, 5.74) is 4.92. The molecule has 3 heteroatoms. The van der Waals surface area contributed by atoms with E-state index in [1.54, 1.807) is 0 Å². The van der Waals surface area contributed by atoms with Crippen LogP contribution in [0.1, 0.15) is 0 Å². The van der Waals surface area contributed by atoms with Crippen LogP contribution in [-0.4, -0.2) is 4.98 Å². The average Bonchev–Trinajstić information content (AvgIpc) is 2.96. The van der Waals surface area contributed by atoms with Crippen LogP contribution in [0.5, 0.6) is 0 Å². The molecule has 0 spiro atoms. The molecule has 21 heavy (non-hydrogen) atoms. The van der Waals surface area contributed by atoms with Gasteiger partial charge in [0.05, 0.1) is 5.52 Å². The molecule has 0 atom stereocenters. The minimum atomic E-state index is 1.20. The van der Waals surface area contributed by atoms with Crippen LogP contribution in [0.25, 0.3) is 32.9 Å². The number of benzene rings is 3. The predicted octanol–water partition coefficient (Wildman–Crippen LogP) is 3.81. The highest BCUT2D eigenvalue weighted by Crippen LogP contribution is 2.32. The van der Waals surface area contributed by atoms with Crippen molar-refractivity contribution in [2.75, 3.05) is 0 Å². The zero-order chi connectivity index (χ0) is 14.7. The number of H-pyrrole nitrogens is 1. The first-order valence-electron chi connectivity index (χ1n) is 6.82. The number of aromatic nitrogens is 1. The molecule has 0 bridgehead atoms. The molecule has 0 aliphatic rings. The Morgan fingerprint density at radius 2 is 1.29 bits per heavy atom. The Morgan fingerprint density at radius 1 is 0.619 bits per heavy atom. The number of hydrazine groups is 1. The third kappa shape index (κ3) is 2.29. The fourth-order valence-corrected chi connectivity index (χ4v) is 2.73. The molecule has 0 unspecified atom stereocenters. The smallest absolute Gasteiger partial charge is 0.0544 e. The Kier molecular flexibility index (Phi) is 3.69. The molecule has 0 fully saturated rings. The minimum absolute atomic E-state index is 1.20. The summed E-state index contributed by atoms with van der Waals surface area (Å²) in [4.78, 5) is 3.55. The maximum Gasteiger partial charge on any atom is 0.0544 e. The summed E-state index contributed by atoms with van der Waals surface area (Å²) in [6, 6.07) is 25.5. The molecule has 3 nitrogen and oxygen atoms in total. The van der Waals surface area contributed by atoms with Crippen molar-refractivity contribution in [3.8, 4) is 11.1 Å². The lowest BCUT2D eigenvalue weighted by atomic mass is 10.0. The number of nitrogens with two attached hydrogens (primary N) is 2. The average molecular weight is 275 g/mol. The molecule has 5 N–H and O–H groups in total. The fourth-order valence-electron chi connectivity index (χ4n) is 2.73. The normalized spacial score (nSPS) is 10.4. The number of hydrogen-bond donors (Lipinski definition) is 3. The third-order valence-corrected chi connectivity index (χ3v) is 3.63. The molecular weight excluding hydrogens is 258 g/mol. The van der Waals surface area contributed by atoms with Crippen LogP contribution in [0, 0.1) is 0 Å². The lowest BCUT2D eigenvalue weighted by Gasteiger charge is -2.03. The van der Waals surface area contributed by atoms with E-state index in [0.717, 1.165) is 0 Å². The van der Waals surface area contributed by atoms with E-state index < -0.39 is 0 Å². The third-order valence-electron chi connectivity index (χ3n) is 3.63. The van der Waals surface area contributed by atoms with Gasteiger partial charge in [-0.25, -0.2) is 0 Å². The van der Waals surface area contributed by atoms with Gasteiger partial charge < -0.3 is 4.98 Å². The fraction of sp³-hybridized carbons (Fsp3) is 0. The van der Waals surface area contributed by atoms with Gasteiger partial charge in [-0.2, -0.15) is 0 Å². The summed E-state index contributed by atoms with van der Waals surface area (Å²) >= 11 is 0. The largest absolute Gasteiger partial charge is 0.354 e. The molecule has 3 aromatic carbocycles. The first-order valence-corrected chi connectivity index (χ1v) is 6.82. The number of rotatable bonds is 1. The van der Waals surface area contributed by atoms with Crippen LogP contribution < -0.4 is 11.7 Å². The standard InChI is InChI=1S/C18H13N.H4N2/c1-2-7-13(8-3-1)14-10-6-11-16-15-9-4-5-12-17(15)19-18(14)16;1-2/h1-12,19H;1-2H2. The summed E-state index contributed by atoms with van der Waals surface area (Å²) in [6.45, 7) is 0. The Balaban J connectivity index is 0.000000636. The van der Waals surface area contributed by atoms with Gasteiger partial charge in [-0.3, -0.25) is 11.7 Å². The van der Waals surface area contributed by atoms with Crippen LogP contribution in [0.4, 0.5) is 0 Å². The van der Waals surface area contributed by atoms with Gasteiger partial charge in [-0.05, 0) is 11.6 Å². The molecule has 4 aromatic rings. The van der Waals surface area contributed by atoms with Crippen molar-refractivity contribution >= 4 is 21.8 Å². The Hall–Kier alpha value is -2.62. The second-order valence-electron chi connectivity index (χ2n) is 4.76. The maximum atomic E-state index is 4.00. The van der Waals surface area contributed by atoms with E-state index in [0.29, 0.717) is 0 Å². The van der Waals surface area contributed by atoms with Gasteiger partial charge in [-0.1, -0.05) is 66.7 Å². The molecule has 0 aliphatic heterocycles. The highest BCUT2D eigenvalue weighted by molar-refractivity contribution is 6.11. The van der Waals surface area contributed by atoms with Gasteiger partial charge in [0.1, 0.15) is 0 Å². The first kappa shape index (κ1) is 13.4.